The lowest BCUT2D eigenvalue weighted by atomic mass is 9.91. The Hall–Kier alpha value is -1.09. The van der Waals surface area contributed by atoms with Gasteiger partial charge in [0.25, 0.3) is 0 Å². The van der Waals surface area contributed by atoms with Gasteiger partial charge < -0.3 is 5.73 Å². The van der Waals surface area contributed by atoms with Crippen LogP contribution in [0.4, 0.5) is 0 Å². The molecule has 0 spiro atoms. The zero-order chi connectivity index (χ0) is 10.1. The maximum Gasteiger partial charge on any atom is 0.0766 e. The summed E-state index contributed by atoms with van der Waals surface area (Å²) in [6.07, 6.45) is 9.62. The van der Waals surface area contributed by atoms with Crippen LogP contribution in [-0.2, 0) is 0 Å². The Bertz CT molecular complexity index is 302. The molecule has 0 aromatic rings. The molecule has 3 heteroatoms. The molecule has 0 aromatic carbocycles. The molecule has 3 unspecified atom stereocenters. The molecular weight excluding hydrogens is 174 g/mol. The standard InChI is InChI=1S/C11H17N3/c1-8(12)5-9-3-4-10-7-13-14(2)11(10)6-9/h3-4,6-8,10-11H,5,12H2,1-2H3. The summed E-state index contributed by atoms with van der Waals surface area (Å²) >= 11 is 0. The number of hydrogen-bond acceptors (Lipinski definition) is 3. The second-order valence-electron chi connectivity index (χ2n) is 4.19. The van der Waals surface area contributed by atoms with Crippen molar-refractivity contribution in [1.29, 1.82) is 0 Å². The van der Waals surface area contributed by atoms with Gasteiger partial charge in [-0.25, -0.2) is 0 Å². The third kappa shape index (κ3) is 1.73. The van der Waals surface area contributed by atoms with Crippen LogP contribution in [-0.4, -0.2) is 30.4 Å². The predicted octanol–water partition coefficient (Wildman–Crippen LogP) is 1.14. The van der Waals surface area contributed by atoms with E-state index < -0.39 is 0 Å². The minimum absolute atomic E-state index is 0.232. The molecule has 0 saturated carbocycles. The Morgan fingerprint density at radius 2 is 2.43 bits per heavy atom. The molecule has 0 radical (unpaired) electrons. The Balaban J connectivity index is 2.10. The highest BCUT2D eigenvalue weighted by Crippen LogP contribution is 2.25. The topological polar surface area (TPSA) is 41.6 Å². The largest absolute Gasteiger partial charge is 0.328 e. The van der Waals surface area contributed by atoms with Gasteiger partial charge in [-0.15, -0.1) is 0 Å². The number of likely N-dealkylation sites (N-methyl/N-ethyl adjacent to an activating group) is 1. The van der Waals surface area contributed by atoms with Crippen molar-refractivity contribution >= 4 is 6.21 Å². The SMILES string of the molecule is CC(N)CC1=CC2C(C=C1)C=NN2C. The lowest BCUT2D eigenvalue weighted by Crippen LogP contribution is -2.29. The molecule has 3 nitrogen and oxygen atoms in total. The molecule has 2 rings (SSSR count). The molecule has 0 bridgehead atoms. The van der Waals surface area contributed by atoms with E-state index in [0.29, 0.717) is 12.0 Å². The van der Waals surface area contributed by atoms with Crippen molar-refractivity contribution in [3.05, 3.63) is 23.8 Å². The summed E-state index contributed by atoms with van der Waals surface area (Å²) in [4.78, 5) is 0. The van der Waals surface area contributed by atoms with Crippen LogP contribution in [0.15, 0.2) is 28.9 Å². The average molecular weight is 191 g/mol. The monoisotopic (exact) mass is 191 g/mol. The number of hydrogen-bond donors (Lipinski definition) is 1. The van der Waals surface area contributed by atoms with Gasteiger partial charge in [0, 0.05) is 25.2 Å². The highest BCUT2D eigenvalue weighted by molar-refractivity contribution is 5.68. The van der Waals surface area contributed by atoms with Crippen molar-refractivity contribution in [1.82, 2.24) is 5.01 Å². The average Bonchev–Trinajstić information content (AvgIpc) is 2.47. The lowest BCUT2D eigenvalue weighted by molar-refractivity contribution is 0.305. The fourth-order valence-corrected chi connectivity index (χ4v) is 2.00. The van der Waals surface area contributed by atoms with Crippen LogP contribution in [0.5, 0.6) is 0 Å². The Labute approximate surface area is 85.0 Å². The van der Waals surface area contributed by atoms with E-state index in [2.05, 4.69) is 23.3 Å². The van der Waals surface area contributed by atoms with Crippen LogP contribution in [0, 0.1) is 5.92 Å². The summed E-state index contributed by atoms with van der Waals surface area (Å²) in [7, 11) is 2.01. The first-order valence-electron chi connectivity index (χ1n) is 5.08. The van der Waals surface area contributed by atoms with Crippen molar-refractivity contribution < 1.29 is 0 Å². The van der Waals surface area contributed by atoms with Crippen molar-refractivity contribution in [2.45, 2.75) is 25.4 Å². The number of fused-ring (bicyclic) bond motifs is 1. The summed E-state index contributed by atoms with van der Waals surface area (Å²) in [5.74, 6) is 0.455. The highest BCUT2D eigenvalue weighted by Gasteiger charge is 2.27. The van der Waals surface area contributed by atoms with E-state index in [4.69, 9.17) is 5.73 Å². The summed E-state index contributed by atoms with van der Waals surface area (Å²) in [5, 5.41) is 6.28. The molecule has 1 heterocycles. The van der Waals surface area contributed by atoms with Crippen LogP contribution >= 0.6 is 0 Å². The van der Waals surface area contributed by atoms with Gasteiger partial charge in [0.1, 0.15) is 0 Å². The second kappa shape index (κ2) is 3.58. The molecule has 1 aliphatic carbocycles. The van der Waals surface area contributed by atoms with E-state index in [1.165, 1.54) is 5.57 Å². The molecular formula is C11H17N3. The summed E-state index contributed by atoms with van der Waals surface area (Å²) in [6.45, 7) is 2.04. The van der Waals surface area contributed by atoms with Crippen LogP contribution in [0.2, 0.25) is 0 Å². The first-order chi connectivity index (χ1) is 6.66. The predicted molar refractivity (Wildman–Crippen MR) is 59.0 cm³/mol. The molecule has 0 fully saturated rings. The maximum absolute atomic E-state index is 5.78. The quantitative estimate of drug-likeness (QED) is 0.711. The zero-order valence-corrected chi connectivity index (χ0v) is 8.72. The molecule has 0 aromatic heterocycles. The van der Waals surface area contributed by atoms with E-state index in [0.717, 1.165) is 6.42 Å². The van der Waals surface area contributed by atoms with Crippen LogP contribution in [0.1, 0.15) is 13.3 Å². The second-order valence-corrected chi connectivity index (χ2v) is 4.19. The zero-order valence-electron chi connectivity index (χ0n) is 8.72. The van der Waals surface area contributed by atoms with Crippen molar-refractivity contribution in [2.24, 2.45) is 16.8 Å². The third-order valence-corrected chi connectivity index (χ3v) is 2.72. The van der Waals surface area contributed by atoms with Gasteiger partial charge in [-0.2, -0.15) is 5.10 Å². The maximum atomic E-state index is 5.78. The first-order valence-corrected chi connectivity index (χ1v) is 5.08. The van der Waals surface area contributed by atoms with Crippen molar-refractivity contribution in [3.63, 3.8) is 0 Å². The summed E-state index contributed by atoms with van der Waals surface area (Å²) in [6, 6.07) is 0.642. The fraction of sp³-hybridized carbons (Fsp3) is 0.545. The summed E-state index contributed by atoms with van der Waals surface area (Å²) in [5.41, 5.74) is 7.11. The van der Waals surface area contributed by atoms with E-state index in [1.807, 2.05) is 25.2 Å². The van der Waals surface area contributed by atoms with E-state index in [1.54, 1.807) is 0 Å². The van der Waals surface area contributed by atoms with Gasteiger partial charge in [-0.1, -0.05) is 18.2 Å². The lowest BCUT2D eigenvalue weighted by Gasteiger charge is -2.24. The number of hydrazone groups is 1. The van der Waals surface area contributed by atoms with E-state index >= 15 is 0 Å². The van der Waals surface area contributed by atoms with Gasteiger partial charge in [0.2, 0.25) is 0 Å². The normalized spacial score (nSPS) is 31.6. The van der Waals surface area contributed by atoms with Gasteiger partial charge in [0.15, 0.2) is 0 Å². The van der Waals surface area contributed by atoms with Gasteiger partial charge in [0.05, 0.1) is 6.04 Å². The molecule has 3 atom stereocenters. The van der Waals surface area contributed by atoms with Crippen LogP contribution < -0.4 is 5.73 Å². The van der Waals surface area contributed by atoms with Crippen molar-refractivity contribution in [2.75, 3.05) is 7.05 Å². The molecule has 76 valence electrons. The van der Waals surface area contributed by atoms with Gasteiger partial charge in [-0.05, 0) is 18.9 Å². The highest BCUT2D eigenvalue weighted by atomic mass is 15.5. The molecule has 0 saturated heterocycles. The van der Waals surface area contributed by atoms with E-state index in [9.17, 15) is 0 Å². The molecule has 2 N–H and O–H groups in total. The number of nitrogens with two attached hydrogens (primary N) is 1. The minimum Gasteiger partial charge on any atom is -0.328 e. The Kier molecular flexibility index (Phi) is 2.42. The molecule has 1 aliphatic heterocycles. The van der Waals surface area contributed by atoms with Crippen LogP contribution in [0.25, 0.3) is 0 Å². The Morgan fingerprint density at radius 3 is 3.14 bits per heavy atom. The molecule has 14 heavy (non-hydrogen) atoms. The fourth-order valence-electron chi connectivity index (χ4n) is 2.00. The van der Waals surface area contributed by atoms with Crippen LogP contribution in [0.3, 0.4) is 0 Å². The Morgan fingerprint density at radius 1 is 1.64 bits per heavy atom. The van der Waals surface area contributed by atoms with Crippen molar-refractivity contribution in [3.8, 4) is 0 Å². The van der Waals surface area contributed by atoms with E-state index in [-0.39, 0.29) is 6.04 Å². The minimum atomic E-state index is 0.232. The number of nitrogens with zero attached hydrogens (tertiary/aromatic N) is 2. The number of allylic oxidation sites excluding steroid dienone is 1. The third-order valence-electron chi connectivity index (χ3n) is 2.72. The smallest absolute Gasteiger partial charge is 0.0766 e. The number of rotatable bonds is 2. The molecule has 0 amide bonds. The summed E-state index contributed by atoms with van der Waals surface area (Å²) < 4.78 is 0. The van der Waals surface area contributed by atoms with Gasteiger partial charge >= 0.3 is 0 Å². The molecule has 2 aliphatic rings. The first kappa shape index (κ1) is 9.46. The van der Waals surface area contributed by atoms with Gasteiger partial charge in [-0.3, -0.25) is 5.01 Å².